The average molecular weight is 804 g/mol. The molecule has 0 bridgehead atoms. The Kier molecular flexibility index (Phi) is 10.4. The number of benzene rings is 2. The van der Waals surface area contributed by atoms with Crippen molar-refractivity contribution in [3.63, 3.8) is 0 Å². The number of halogens is 2. The zero-order valence-corrected chi connectivity index (χ0v) is 28.5. The van der Waals surface area contributed by atoms with Gasteiger partial charge in [-0.05, 0) is 24.3 Å². The Hall–Kier alpha value is -1.72. The summed E-state index contributed by atoms with van der Waals surface area (Å²) in [5.41, 5.74) is 1.50. The van der Waals surface area contributed by atoms with E-state index in [1.165, 1.54) is 9.80 Å². The molecule has 0 N–H and O–H groups in total. The van der Waals surface area contributed by atoms with Crippen LogP contribution in [0.3, 0.4) is 0 Å². The largest absolute Gasteiger partial charge is 1.00 e. The highest BCUT2D eigenvalue weighted by atomic mass is 127. The van der Waals surface area contributed by atoms with E-state index in [0.29, 0.717) is 59.0 Å². The number of nitrogens with zero attached hydrogens (tertiary/aromatic N) is 4. The number of hydrogen-bond acceptors (Lipinski definition) is 6. The number of imide groups is 2. The molecule has 4 aliphatic rings. The minimum Gasteiger partial charge on any atom is -1.00 e. The van der Waals surface area contributed by atoms with Gasteiger partial charge in [-0.15, -0.1) is 0 Å². The first-order valence-electron chi connectivity index (χ1n) is 14.4. The molecule has 0 aliphatic carbocycles. The third-order valence-electron chi connectivity index (χ3n) is 9.32. The van der Waals surface area contributed by atoms with Gasteiger partial charge in [0.05, 0.1) is 53.6 Å². The first-order valence-corrected chi connectivity index (χ1v) is 14.4. The molecule has 6 rings (SSSR count). The molecule has 228 valence electrons. The van der Waals surface area contributed by atoms with E-state index in [4.69, 9.17) is 9.47 Å². The molecule has 2 aromatic carbocycles. The van der Waals surface area contributed by atoms with Gasteiger partial charge in [-0.2, -0.15) is 0 Å². The third kappa shape index (κ3) is 5.99. The van der Waals surface area contributed by atoms with Gasteiger partial charge in [0.1, 0.15) is 26.2 Å². The lowest BCUT2D eigenvalue weighted by Crippen LogP contribution is -3.00. The van der Waals surface area contributed by atoms with Crippen LogP contribution in [0.4, 0.5) is 0 Å². The highest BCUT2D eigenvalue weighted by molar-refractivity contribution is 6.33. The molecular weight excluding hydrogens is 766 g/mol. The molecular formula is C30H38I2N4O6. The molecule has 0 radical (unpaired) electrons. The van der Waals surface area contributed by atoms with Crippen LogP contribution < -0.4 is 48.0 Å². The van der Waals surface area contributed by atoms with Gasteiger partial charge in [0.2, 0.25) is 0 Å². The fourth-order valence-corrected chi connectivity index (χ4v) is 6.62. The summed E-state index contributed by atoms with van der Waals surface area (Å²) < 4.78 is 12.7. The van der Waals surface area contributed by atoms with Gasteiger partial charge >= 0.3 is 0 Å². The Balaban J connectivity index is 0.00000202. The van der Waals surface area contributed by atoms with E-state index in [1.807, 2.05) is 0 Å². The molecule has 4 amide bonds. The van der Waals surface area contributed by atoms with E-state index in [1.54, 1.807) is 24.3 Å². The van der Waals surface area contributed by atoms with E-state index >= 15 is 0 Å². The summed E-state index contributed by atoms with van der Waals surface area (Å²) in [5, 5.41) is 0.863. The van der Waals surface area contributed by atoms with Gasteiger partial charge in [-0.1, -0.05) is 0 Å². The van der Waals surface area contributed by atoms with Crippen molar-refractivity contribution in [2.24, 2.45) is 0 Å². The SMILES string of the molecule is C[N+]1(CCCN2C(=O)c3ccc4c5c(ccc(c35)C2=O)C(=O)N(CCC[N+]2(C)CCOCC2)C4=O)CCOCC1.[I-].[I-]. The first kappa shape index (κ1) is 33.2. The van der Waals surface area contributed by atoms with E-state index in [2.05, 4.69) is 14.1 Å². The summed E-state index contributed by atoms with van der Waals surface area (Å²) in [6, 6.07) is 6.59. The van der Waals surface area contributed by atoms with Crippen molar-refractivity contribution >= 4 is 34.4 Å². The van der Waals surface area contributed by atoms with Crippen molar-refractivity contribution in [3.05, 3.63) is 46.5 Å². The molecule has 0 atom stereocenters. The molecule has 2 saturated heterocycles. The fraction of sp³-hybridized carbons (Fsp3) is 0.533. The number of quaternary nitrogens is 2. The van der Waals surface area contributed by atoms with Crippen LogP contribution in [-0.2, 0) is 9.47 Å². The molecule has 42 heavy (non-hydrogen) atoms. The molecule has 0 saturated carbocycles. The van der Waals surface area contributed by atoms with Crippen molar-refractivity contribution in [2.75, 3.05) is 92.9 Å². The monoisotopic (exact) mass is 804 g/mol. The normalized spacial score (nSPS) is 20.8. The second-order valence-corrected chi connectivity index (χ2v) is 12.1. The molecule has 2 aromatic rings. The van der Waals surface area contributed by atoms with Crippen LogP contribution in [0, 0.1) is 0 Å². The number of carbonyl (C=O) groups excluding carboxylic acids is 4. The number of amides is 4. The quantitative estimate of drug-likeness (QED) is 0.153. The number of ether oxygens (including phenoxy) is 2. The predicted octanol–water partition coefficient (Wildman–Crippen LogP) is -4.23. The second kappa shape index (κ2) is 13.1. The number of carbonyl (C=O) groups is 4. The van der Waals surface area contributed by atoms with Crippen LogP contribution in [0.1, 0.15) is 54.3 Å². The molecule has 10 nitrogen and oxygen atoms in total. The maximum atomic E-state index is 13.5. The fourth-order valence-electron chi connectivity index (χ4n) is 6.62. The molecule has 2 fully saturated rings. The maximum absolute atomic E-state index is 13.5. The third-order valence-corrected chi connectivity index (χ3v) is 9.32. The topological polar surface area (TPSA) is 93.2 Å². The Labute approximate surface area is 280 Å². The van der Waals surface area contributed by atoms with Gasteiger partial charge in [-0.25, -0.2) is 0 Å². The van der Waals surface area contributed by atoms with E-state index in [0.717, 1.165) is 74.7 Å². The number of hydrogen-bond donors (Lipinski definition) is 0. The van der Waals surface area contributed by atoms with Gasteiger partial charge in [0, 0.05) is 59.0 Å². The minimum absolute atomic E-state index is 0. The Morgan fingerprint density at radius 2 is 0.857 bits per heavy atom. The Bertz CT molecular complexity index is 1230. The summed E-state index contributed by atoms with van der Waals surface area (Å²) in [6.07, 6.45) is 1.39. The lowest BCUT2D eigenvalue weighted by molar-refractivity contribution is -0.917. The van der Waals surface area contributed by atoms with Gasteiger partial charge in [0.15, 0.2) is 0 Å². The van der Waals surface area contributed by atoms with Crippen molar-refractivity contribution in [2.45, 2.75) is 12.8 Å². The van der Waals surface area contributed by atoms with Crippen LogP contribution in [0.2, 0.25) is 0 Å². The average Bonchev–Trinajstić information content (AvgIpc) is 2.95. The summed E-state index contributed by atoms with van der Waals surface area (Å²) in [6.45, 7) is 8.92. The van der Waals surface area contributed by atoms with Crippen molar-refractivity contribution in [1.82, 2.24) is 9.80 Å². The van der Waals surface area contributed by atoms with Crippen LogP contribution in [-0.4, -0.2) is 135 Å². The van der Waals surface area contributed by atoms with E-state index < -0.39 is 0 Å². The predicted molar refractivity (Wildman–Crippen MR) is 147 cm³/mol. The van der Waals surface area contributed by atoms with Crippen LogP contribution in [0.15, 0.2) is 24.3 Å². The summed E-state index contributed by atoms with van der Waals surface area (Å²) >= 11 is 0. The van der Waals surface area contributed by atoms with Crippen molar-refractivity contribution in [3.8, 4) is 0 Å². The van der Waals surface area contributed by atoms with Gasteiger partial charge in [0.25, 0.3) is 23.6 Å². The highest BCUT2D eigenvalue weighted by Gasteiger charge is 2.40. The van der Waals surface area contributed by atoms with Crippen molar-refractivity contribution < 1.29 is 85.6 Å². The summed E-state index contributed by atoms with van der Waals surface area (Å²) in [5.74, 6) is -1.46. The molecule has 0 aromatic heterocycles. The number of rotatable bonds is 8. The molecule has 0 spiro atoms. The van der Waals surface area contributed by atoms with Gasteiger partial charge in [-0.3, -0.25) is 29.0 Å². The minimum atomic E-state index is -0.365. The molecule has 0 unspecified atom stereocenters. The maximum Gasteiger partial charge on any atom is 0.261 e. The summed E-state index contributed by atoms with van der Waals surface area (Å²) in [7, 11) is 4.36. The molecule has 4 aliphatic heterocycles. The lowest BCUT2D eigenvalue weighted by atomic mass is 9.86. The smallest absolute Gasteiger partial charge is 0.261 e. The zero-order chi connectivity index (χ0) is 28.1. The van der Waals surface area contributed by atoms with Crippen LogP contribution in [0.5, 0.6) is 0 Å². The van der Waals surface area contributed by atoms with E-state index in [-0.39, 0.29) is 71.6 Å². The second-order valence-electron chi connectivity index (χ2n) is 12.1. The zero-order valence-electron chi connectivity index (χ0n) is 24.2. The summed E-state index contributed by atoms with van der Waals surface area (Å²) in [4.78, 5) is 56.8. The van der Waals surface area contributed by atoms with E-state index in [9.17, 15) is 19.2 Å². The molecule has 4 heterocycles. The van der Waals surface area contributed by atoms with Crippen LogP contribution >= 0.6 is 0 Å². The first-order chi connectivity index (χ1) is 19.2. The Morgan fingerprint density at radius 1 is 0.571 bits per heavy atom. The van der Waals surface area contributed by atoms with Crippen molar-refractivity contribution in [1.29, 1.82) is 0 Å². The Morgan fingerprint density at radius 3 is 1.14 bits per heavy atom. The van der Waals surface area contributed by atoms with Gasteiger partial charge < -0.3 is 66.4 Å². The standard InChI is InChI=1S/C30H38N4O6.2HI/c1-33(13-17-39-18-14-33)11-3-9-31-27(35)21-5-7-23-26-24(8-6-22(25(21)26)28(31)36)30(38)32(29(23)37)10-4-12-34(2)15-19-40-20-16-34;;/h5-8H,3-4,9-20H2,1-2H3;2*1H/q+2;;/p-2. The highest BCUT2D eigenvalue weighted by Crippen LogP contribution is 2.38. The van der Waals surface area contributed by atoms with Crippen LogP contribution in [0.25, 0.3) is 10.8 Å². The number of morpholine rings is 2. The lowest BCUT2D eigenvalue weighted by Gasteiger charge is -2.38. The number of likely N-dealkylation sites (N-methyl/N-ethyl adjacent to an activating group) is 2. The molecule has 12 heteroatoms.